The van der Waals surface area contributed by atoms with Crippen LogP contribution in [0.15, 0.2) is 45.5 Å². The van der Waals surface area contributed by atoms with Gasteiger partial charge in [-0.3, -0.25) is 9.59 Å². The van der Waals surface area contributed by atoms with E-state index in [9.17, 15) is 9.59 Å². The van der Waals surface area contributed by atoms with Gasteiger partial charge in [-0.2, -0.15) is 0 Å². The van der Waals surface area contributed by atoms with Crippen LogP contribution in [0.4, 0.5) is 5.69 Å². The molecule has 0 fully saturated rings. The van der Waals surface area contributed by atoms with Crippen molar-refractivity contribution in [2.24, 2.45) is 5.73 Å². The first kappa shape index (κ1) is 21.2. The molecule has 0 aliphatic carbocycles. The van der Waals surface area contributed by atoms with E-state index < -0.39 is 5.54 Å². The fourth-order valence-corrected chi connectivity index (χ4v) is 2.30. The molecule has 2 rings (SSSR count). The second kappa shape index (κ2) is 9.03. The Balaban J connectivity index is 0.00000312. The first-order valence-corrected chi connectivity index (χ1v) is 8.25. The number of nitrogens with two attached hydrogens (primary N) is 1. The molecule has 0 saturated carbocycles. The molecule has 0 aliphatic rings. The van der Waals surface area contributed by atoms with Crippen molar-refractivity contribution in [1.29, 1.82) is 0 Å². The second-order valence-corrected chi connectivity index (χ2v) is 6.85. The Morgan fingerprint density at radius 2 is 1.80 bits per heavy atom. The average Bonchev–Trinajstić information content (AvgIpc) is 2.95. The highest BCUT2D eigenvalue weighted by Gasteiger charge is 2.18. The Kier molecular flexibility index (Phi) is 7.66. The Morgan fingerprint density at radius 1 is 1.16 bits per heavy atom. The summed E-state index contributed by atoms with van der Waals surface area (Å²) < 4.78 is 5.69. The molecule has 1 aromatic heterocycles. The molecule has 0 spiro atoms. The molecule has 0 atom stereocenters. The number of anilines is 1. The molecule has 0 bridgehead atoms. The monoisotopic (exact) mass is 429 g/mol. The van der Waals surface area contributed by atoms with Crippen molar-refractivity contribution >= 4 is 45.8 Å². The predicted octanol–water partition coefficient (Wildman–Crippen LogP) is 3.11. The highest BCUT2D eigenvalue weighted by atomic mass is 79.9. The lowest BCUT2D eigenvalue weighted by Gasteiger charge is -2.24. The number of carbonyl (C=O) groups excluding carboxylic acids is 2. The van der Waals surface area contributed by atoms with E-state index in [2.05, 4.69) is 26.6 Å². The minimum atomic E-state index is -0.428. The number of furan rings is 1. The third-order valence-corrected chi connectivity index (χ3v) is 3.79. The van der Waals surface area contributed by atoms with Crippen LogP contribution in [0.25, 0.3) is 0 Å². The van der Waals surface area contributed by atoms with Crippen molar-refractivity contribution in [2.45, 2.75) is 25.8 Å². The van der Waals surface area contributed by atoms with Gasteiger partial charge >= 0.3 is 0 Å². The Morgan fingerprint density at radius 3 is 2.32 bits per heavy atom. The van der Waals surface area contributed by atoms with Gasteiger partial charge in [-0.1, -0.05) is 12.1 Å². The predicted molar refractivity (Wildman–Crippen MR) is 103 cm³/mol. The first-order valence-electron chi connectivity index (χ1n) is 7.46. The number of benzene rings is 1. The van der Waals surface area contributed by atoms with Gasteiger partial charge in [0.1, 0.15) is 0 Å². The summed E-state index contributed by atoms with van der Waals surface area (Å²) in [7, 11) is 0. The van der Waals surface area contributed by atoms with Crippen molar-refractivity contribution in [3.63, 3.8) is 0 Å². The molecule has 25 heavy (non-hydrogen) atoms. The summed E-state index contributed by atoms with van der Waals surface area (Å²) in [5, 5.41) is 5.60. The summed E-state index contributed by atoms with van der Waals surface area (Å²) >= 11 is 3.15. The molecule has 6 nitrogen and oxygen atoms in total. The lowest BCUT2D eigenvalue weighted by Crippen LogP contribution is -2.49. The molecule has 2 aromatic rings. The molecule has 136 valence electrons. The molecular weight excluding hydrogens is 410 g/mol. The maximum atomic E-state index is 12.0. The highest BCUT2D eigenvalue weighted by Crippen LogP contribution is 2.16. The van der Waals surface area contributed by atoms with Gasteiger partial charge in [0.25, 0.3) is 5.91 Å². The van der Waals surface area contributed by atoms with E-state index in [0.29, 0.717) is 16.9 Å². The van der Waals surface area contributed by atoms with E-state index in [1.807, 2.05) is 13.8 Å². The maximum Gasteiger partial charge on any atom is 0.291 e. The quantitative estimate of drug-likeness (QED) is 0.656. The number of nitrogens with one attached hydrogen (secondary N) is 2. The zero-order valence-electron chi connectivity index (χ0n) is 14.0. The van der Waals surface area contributed by atoms with Crippen LogP contribution in [-0.2, 0) is 11.2 Å². The second-order valence-electron chi connectivity index (χ2n) is 6.07. The van der Waals surface area contributed by atoms with Crippen LogP contribution in [0.2, 0.25) is 0 Å². The van der Waals surface area contributed by atoms with Gasteiger partial charge in [0.05, 0.1) is 6.42 Å². The van der Waals surface area contributed by atoms with E-state index >= 15 is 0 Å². The van der Waals surface area contributed by atoms with Gasteiger partial charge in [-0.25, -0.2) is 0 Å². The fourth-order valence-electron chi connectivity index (χ4n) is 1.99. The zero-order valence-corrected chi connectivity index (χ0v) is 16.4. The van der Waals surface area contributed by atoms with Crippen molar-refractivity contribution < 1.29 is 14.0 Å². The molecule has 0 unspecified atom stereocenters. The number of rotatable bonds is 6. The van der Waals surface area contributed by atoms with Crippen molar-refractivity contribution in [3.05, 3.63) is 52.4 Å². The van der Waals surface area contributed by atoms with E-state index in [1.54, 1.807) is 36.4 Å². The van der Waals surface area contributed by atoms with Crippen molar-refractivity contribution in [1.82, 2.24) is 5.32 Å². The molecule has 4 N–H and O–H groups in total. The van der Waals surface area contributed by atoms with Gasteiger partial charge in [0.2, 0.25) is 5.91 Å². The zero-order chi connectivity index (χ0) is 17.7. The minimum Gasteiger partial charge on any atom is -0.444 e. The lowest BCUT2D eigenvalue weighted by atomic mass is 10.0. The SMILES string of the molecule is CC(C)(CN)NC(=O)Cc1ccc(NC(=O)c2ccc(Br)o2)cc1.Cl. The summed E-state index contributed by atoms with van der Waals surface area (Å²) in [5.41, 5.74) is 6.64. The largest absolute Gasteiger partial charge is 0.444 e. The number of hydrogen-bond acceptors (Lipinski definition) is 4. The van der Waals surface area contributed by atoms with Crippen LogP contribution in [0.1, 0.15) is 30.0 Å². The normalized spacial score (nSPS) is 10.7. The first-order chi connectivity index (χ1) is 11.3. The standard InChI is InChI=1S/C17H20BrN3O3.ClH/c1-17(2,10-19)21-15(22)9-11-3-5-12(6-4-11)20-16(23)13-7-8-14(18)24-13;/h3-8H,9-10,19H2,1-2H3,(H,20,23)(H,21,22);1H. The average molecular weight is 431 g/mol. The van der Waals surface area contributed by atoms with Crippen LogP contribution in [0, 0.1) is 0 Å². The van der Waals surface area contributed by atoms with Gasteiger partial charge < -0.3 is 20.8 Å². The third kappa shape index (κ3) is 6.53. The van der Waals surface area contributed by atoms with E-state index in [1.165, 1.54) is 0 Å². The van der Waals surface area contributed by atoms with Crippen LogP contribution in [0.5, 0.6) is 0 Å². The van der Waals surface area contributed by atoms with Crippen molar-refractivity contribution in [3.8, 4) is 0 Å². The number of halogens is 2. The Labute approximate surface area is 161 Å². The molecule has 0 radical (unpaired) electrons. The maximum absolute atomic E-state index is 12.0. The Hall–Kier alpha value is -1.83. The number of hydrogen-bond donors (Lipinski definition) is 3. The minimum absolute atomic E-state index is 0. The van der Waals surface area contributed by atoms with Crippen LogP contribution >= 0.6 is 28.3 Å². The number of carbonyl (C=O) groups is 2. The molecular formula is C17H21BrClN3O3. The third-order valence-electron chi connectivity index (χ3n) is 3.36. The highest BCUT2D eigenvalue weighted by molar-refractivity contribution is 9.10. The smallest absolute Gasteiger partial charge is 0.291 e. The summed E-state index contributed by atoms with van der Waals surface area (Å²) in [6, 6.07) is 10.3. The summed E-state index contributed by atoms with van der Waals surface area (Å²) in [5.74, 6) is -0.215. The lowest BCUT2D eigenvalue weighted by molar-refractivity contribution is -0.121. The van der Waals surface area contributed by atoms with Crippen LogP contribution in [-0.4, -0.2) is 23.9 Å². The molecule has 1 aromatic carbocycles. The van der Waals surface area contributed by atoms with Gasteiger partial charge in [0, 0.05) is 17.8 Å². The van der Waals surface area contributed by atoms with Crippen LogP contribution in [0.3, 0.4) is 0 Å². The Bertz CT molecular complexity index is 729. The topological polar surface area (TPSA) is 97.4 Å². The van der Waals surface area contributed by atoms with Crippen LogP contribution < -0.4 is 16.4 Å². The van der Waals surface area contributed by atoms with Gasteiger partial charge in [0.15, 0.2) is 10.4 Å². The summed E-state index contributed by atoms with van der Waals surface area (Å²) in [4.78, 5) is 24.0. The van der Waals surface area contributed by atoms with Crippen molar-refractivity contribution in [2.75, 3.05) is 11.9 Å². The van der Waals surface area contributed by atoms with E-state index in [4.69, 9.17) is 10.2 Å². The molecule has 0 aliphatic heterocycles. The molecule has 2 amide bonds. The molecule has 1 heterocycles. The molecule has 0 saturated heterocycles. The van der Waals surface area contributed by atoms with Gasteiger partial charge in [-0.05, 0) is 59.6 Å². The summed E-state index contributed by atoms with van der Waals surface area (Å²) in [6.45, 7) is 4.11. The van der Waals surface area contributed by atoms with E-state index in [-0.39, 0.29) is 36.4 Å². The molecule has 8 heteroatoms. The van der Waals surface area contributed by atoms with E-state index in [0.717, 1.165) is 5.56 Å². The summed E-state index contributed by atoms with van der Waals surface area (Å²) in [6.07, 6.45) is 0.253. The number of amides is 2. The van der Waals surface area contributed by atoms with Gasteiger partial charge in [-0.15, -0.1) is 12.4 Å². The fraction of sp³-hybridized carbons (Fsp3) is 0.294.